The molecule has 0 unspecified atom stereocenters. The van der Waals surface area contributed by atoms with Crippen molar-refractivity contribution in [1.29, 1.82) is 0 Å². The molecule has 0 aromatic rings. The predicted molar refractivity (Wildman–Crippen MR) is 70.5 cm³/mol. The first kappa shape index (κ1) is 12.5. The molecule has 3 rings (SSSR count). The fourth-order valence-corrected chi connectivity index (χ4v) is 4.18. The van der Waals surface area contributed by atoms with Gasteiger partial charge in [-0.3, -0.25) is 4.79 Å². The monoisotopic (exact) mass is 251 g/mol. The number of carboxylic acid groups (broad SMARTS) is 1. The first-order chi connectivity index (χ1) is 8.72. The van der Waals surface area contributed by atoms with E-state index in [0.717, 1.165) is 44.8 Å². The largest absolute Gasteiger partial charge is 0.481 e. The molecule has 102 valence electrons. The molecule has 3 nitrogen and oxygen atoms in total. The minimum absolute atomic E-state index is 0.383. The lowest BCUT2D eigenvalue weighted by molar-refractivity contribution is -0.158. The van der Waals surface area contributed by atoms with Gasteiger partial charge >= 0.3 is 5.97 Å². The van der Waals surface area contributed by atoms with Crippen LogP contribution in [0.15, 0.2) is 0 Å². The van der Waals surface area contributed by atoms with Crippen LogP contribution in [0.25, 0.3) is 0 Å². The average Bonchev–Trinajstić information content (AvgIpc) is 3.24. The van der Waals surface area contributed by atoms with E-state index < -0.39 is 5.97 Å². The van der Waals surface area contributed by atoms with Gasteiger partial charge in [0.25, 0.3) is 0 Å². The van der Waals surface area contributed by atoms with Crippen molar-refractivity contribution in [3.63, 3.8) is 0 Å². The number of hydrogen-bond donors (Lipinski definition) is 1. The number of piperidine rings is 1. The van der Waals surface area contributed by atoms with Gasteiger partial charge in [-0.25, -0.2) is 0 Å². The Labute approximate surface area is 110 Å². The van der Waals surface area contributed by atoms with Gasteiger partial charge in [0.1, 0.15) is 0 Å². The van der Waals surface area contributed by atoms with Crippen molar-refractivity contribution in [2.45, 2.75) is 63.8 Å². The second kappa shape index (κ2) is 4.84. The second-order valence-corrected chi connectivity index (χ2v) is 6.56. The Bertz CT molecular complexity index is 310. The standard InChI is InChI=1S/C15H25NO2/c17-14(18)15(12-4-2-1-3-5-12)8-10-16(11-9-15)13-6-7-13/h12-13H,1-11H2,(H,17,18). The van der Waals surface area contributed by atoms with Crippen LogP contribution in [0.1, 0.15) is 57.8 Å². The molecule has 2 saturated carbocycles. The third-order valence-electron chi connectivity index (χ3n) is 5.57. The van der Waals surface area contributed by atoms with Crippen LogP contribution in [0.5, 0.6) is 0 Å². The topological polar surface area (TPSA) is 40.5 Å². The molecule has 3 heteroatoms. The van der Waals surface area contributed by atoms with E-state index >= 15 is 0 Å². The van der Waals surface area contributed by atoms with Crippen LogP contribution in [-0.2, 0) is 4.79 Å². The molecule has 0 radical (unpaired) electrons. The number of aliphatic carboxylic acids is 1. The molecule has 1 heterocycles. The molecule has 0 aromatic carbocycles. The van der Waals surface area contributed by atoms with Crippen LogP contribution >= 0.6 is 0 Å². The number of rotatable bonds is 3. The van der Waals surface area contributed by atoms with Gasteiger partial charge < -0.3 is 10.0 Å². The Morgan fingerprint density at radius 2 is 1.61 bits per heavy atom. The molecule has 3 fully saturated rings. The van der Waals surface area contributed by atoms with Gasteiger partial charge in [0.2, 0.25) is 0 Å². The van der Waals surface area contributed by atoms with Crippen molar-refractivity contribution < 1.29 is 9.90 Å². The molecule has 1 aliphatic heterocycles. The third kappa shape index (κ3) is 2.18. The highest BCUT2D eigenvalue weighted by atomic mass is 16.4. The van der Waals surface area contributed by atoms with Crippen LogP contribution in [0, 0.1) is 11.3 Å². The van der Waals surface area contributed by atoms with Gasteiger partial charge in [-0.1, -0.05) is 19.3 Å². The summed E-state index contributed by atoms with van der Waals surface area (Å²) in [5, 5.41) is 9.76. The van der Waals surface area contributed by atoms with Crippen molar-refractivity contribution in [2.75, 3.05) is 13.1 Å². The molecule has 0 atom stereocenters. The zero-order chi connectivity index (χ0) is 12.6. The van der Waals surface area contributed by atoms with Crippen LogP contribution in [-0.4, -0.2) is 35.1 Å². The summed E-state index contributed by atoms with van der Waals surface area (Å²) in [4.78, 5) is 14.4. The molecular formula is C15H25NO2. The molecule has 0 spiro atoms. The zero-order valence-electron chi connectivity index (χ0n) is 11.2. The minimum atomic E-state index is -0.509. The van der Waals surface area contributed by atoms with Crippen molar-refractivity contribution in [1.82, 2.24) is 4.90 Å². The lowest BCUT2D eigenvalue weighted by Gasteiger charge is -2.45. The first-order valence-electron chi connectivity index (χ1n) is 7.70. The quantitative estimate of drug-likeness (QED) is 0.838. The normalized spacial score (nSPS) is 30.2. The molecule has 2 aliphatic carbocycles. The zero-order valence-corrected chi connectivity index (χ0v) is 11.2. The van der Waals surface area contributed by atoms with Gasteiger partial charge in [-0.15, -0.1) is 0 Å². The summed E-state index contributed by atoms with van der Waals surface area (Å²) in [5.41, 5.74) is -0.383. The average molecular weight is 251 g/mol. The minimum Gasteiger partial charge on any atom is -0.481 e. The summed E-state index contributed by atoms with van der Waals surface area (Å²) >= 11 is 0. The van der Waals surface area contributed by atoms with E-state index in [1.165, 1.54) is 32.1 Å². The number of nitrogens with zero attached hydrogens (tertiary/aromatic N) is 1. The molecular weight excluding hydrogens is 226 g/mol. The van der Waals surface area contributed by atoms with Gasteiger partial charge in [0.15, 0.2) is 0 Å². The van der Waals surface area contributed by atoms with Gasteiger partial charge in [0, 0.05) is 6.04 Å². The first-order valence-corrected chi connectivity index (χ1v) is 7.70. The van der Waals surface area contributed by atoms with E-state index in [1.54, 1.807) is 0 Å². The fourth-order valence-electron chi connectivity index (χ4n) is 4.18. The molecule has 0 aromatic heterocycles. The molecule has 0 amide bonds. The Kier molecular flexibility index (Phi) is 3.35. The molecule has 0 bridgehead atoms. The fraction of sp³-hybridized carbons (Fsp3) is 0.933. The van der Waals surface area contributed by atoms with E-state index in [1.807, 2.05) is 0 Å². The molecule has 1 saturated heterocycles. The van der Waals surface area contributed by atoms with Crippen LogP contribution in [0.2, 0.25) is 0 Å². The van der Waals surface area contributed by atoms with E-state index in [4.69, 9.17) is 0 Å². The smallest absolute Gasteiger partial charge is 0.310 e. The third-order valence-corrected chi connectivity index (χ3v) is 5.57. The Morgan fingerprint density at radius 1 is 1.00 bits per heavy atom. The van der Waals surface area contributed by atoms with Crippen LogP contribution < -0.4 is 0 Å². The lowest BCUT2D eigenvalue weighted by Crippen LogP contribution is -2.49. The summed E-state index contributed by atoms with van der Waals surface area (Å²) < 4.78 is 0. The summed E-state index contributed by atoms with van der Waals surface area (Å²) in [5.74, 6) is -0.0602. The van der Waals surface area contributed by atoms with Gasteiger partial charge in [-0.05, 0) is 57.5 Å². The van der Waals surface area contributed by atoms with Crippen molar-refractivity contribution in [3.05, 3.63) is 0 Å². The summed E-state index contributed by atoms with van der Waals surface area (Å²) in [6.45, 7) is 2.04. The molecule has 1 N–H and O–H groups in total. The summed E-state index contributed by atoms with van der Waals surface area (Å²) in [6.07, 6.45) is 10.5. The number of carbonyl (C=O) groups is 1. The number of hydrogen-bond acceptors (Lipinski definition) is 2. The Balaban J connectivity index is 1.69. The maximum absolute atomic E-state index is 11.8. The van der Waals surface area contributed by atoms with Crippen LogP contribution in [0.3, 0.4) is 0 Å². The summed E-state index contributed by atoms with van der Waals surface area (Å²) in [7, 11) is 0. The second-order valence-electron chi connectivity index (χ2n) is 6.56. The van der Waals surface area contributed by atoms with Gasteiger partial charge in [0.05, 0.1) is 5.41 Å². The highest BCUT2D eigenvalue weighted by molar-refractivity contribution is 5.75. The lowest BCUT2D eigenvalue weighted by atomic mass is 9.64. The van der Waals surface area contributed by atoms with Crippen molar-refractivity contribution in [2.24, 2.45) is 11.3 Å². The highest BCUT2D eigenvalue weighted by Gasteiger charge is 2.49. The van der Waals surface area contributed by atoms with Gasteiger partial charge in [-0.2, -0.15) is 0 Å². The molecule has 3 aliphatic rings. The SMILES string of the molecule is O=C(O)C1(C2CCCCC2)CCN(C2CC2)CC1. The number of likely N-dealkylation sites (tertiary alicyclic amines) is 1. The summed E-state index contributed by atoms with van der Waals surface area (Å²) in [6, 6.07) is 0.795. The van der Waals surface area contributed by atoms with Crippen molar-refractivity contribution >= 4 is 5.97 Å². The number of carboxylic acids is 1. The highest BCUT2D eigenvalue weighted by Crippen LogP contribution is 2.47. The van der Waals surface area contributed by atoms with E-state index in [0.29, 0.717) is 5.92 Å². The van der Waals surface area contributed by atoms with E-state index in [-0.39, 0.29) is 5.41 Å². The maximum atomic E-state index is 11.8. The van der Waals surface area contributed by atoms with E-state index in [9.17, 15) is 9.90 Å². The Hall–Kier alpha value is -0.570. The molecule has 18 heavy (non-hydrogen) atoms. The Morgan fingerprint density at radius 3 is 2.11 bits per heavy atom. The van der Waals surface area contributed by atoms with Crippen LogP contribution in [0.4, 0.5) is 0 Å². The predicted octanol–water partition coefficient (Wildman–Crippen LogP) is 2.90. The maximum Gasteiger partial charge on any atom is 0.310 e. The van der Waals surface area contributed by atoms with E-state index in [2.05, 4.69) is 4.90 Å². The van der Waals surface area contributed by atoms with Crippen molar-refractivity contribution in [3.8, 4) is 0 Å².